The van der Waals surface area contributed by atoms with Gasteiger partial charge in [0.1, 0.15) is 0 Å². The van der Waals surface area contributed by atoms with Crippen LogP contribution in [0.25, 0.3) is 0 Å². The zero-order valence-electron chi connectivity index (χ0n) is 5.39. The molecule has 2 atom stereocenters. The third-order valence-corrected chi connectivity index (χ3v) is 2.15. The number of nitrogens with zero attached hydrogens (tertiary/aromatic N) is 1. The van der Waals surface area contributed by atoms with Crippen molar-refractivity contribution in [1.82, 2.24) is 4.90 Å². The second-order valence-corrected chi connectivity index (χ2v) is 3.24. The van der Waals surface area contributed by atoms with Crippen LogP contribution in [0.5, 0.6) is 0 Å². The summed E-state index contributed by atoms with van der Waals surface area (Å²) < 4.78 is 0. The molecule has 1 rings (SSSR count). The molecule has 0 spiro atoms. The maximum atomic E-state index is 5.86. The Kier molecular flexibility index (Phi) is 1.78. The van der Waals surface area contributed by atoms with E-state index in [-0.39, 0.29) is 0 Å². The van der Waals surface area contributed by atoms with Crippen molar-refractivity contribution in [2.75, 3.05) is 13.6 Å². The van der Waals surface area contributed by atoms with Gasteiger partial charge < -0.3 is 4.90 Å². The first-order valence-corrected chi connectivity index (χ1v) is 3.48. The number of likely N-dealkylation sites (tertiary alicyclic amines) is 1. The van der Waals surface area contributed by atoms with Crippen LogP contribution in [-0.2, 0) is 0 Å². The van der Waals surface area contributed by atoms with E-state index in [9.17, 15) is 0 Å². The van der Waals surface area contributed by atoms with Crippen molar-refractivity contribution in [3.05, 3.63) is 0 Å². The van der Waals surface area contributed by atoms with Crippen molar-refractivity contribution < 1.29 is 0 Å². The highest BCUT2D eigenvalue weighted by Crippen LogP contribution is 2.18. The van der Waals surface area contributed by atoms with Gasteiger partial charge in [-0.15, -0.1) is 11.6 Å². The van der Waals surface area contributed by atoms with Crippen LogP contribution in [0.2, 0.25) is 0 Å². The predicted octanol–water partition coefficient (Wildman–Crippen LogP) is 1.32. The van der Waals surface area contributed by atoms with Crippen LogP contribution in [-0.4, -0.2) is 29.9 Å². The van der Waals surface area contributed by atoms with Gasteiger partial charge in [-0.25, -0.2) is 0 Å². The Morgan fingerprint density at radius 1 is 1.62 bits per heavy atom. The monoisotopic (exact) mass is 133 g/mol. The Labute approximate surface area is 55.6 Å². The molecule has 1 saturated heterocycles. The molecule has 0 amide bonds. The topological polar surface area (TPSA) is 3.24 Å². The van der Waals surface area contributed by atoms with Crippen LogP contribution >= 0.6 is 11.6 Å². The maximum absolute atomic E-state index is 5.86. The predicted molar refractivity (Wildman–Crippen MR) is 36.3 cm³/mol. The molecule has 8 heavy (non-hydrogen) atoms. The van der Waals surface area contributed by atoms with Gasteiger partial charge in [-0.05, 0) is 20.4 Å². The lowest BCUT2D eigenvalue weighted by Gasteiger charge is -2.11. The summed E-state index contributed by atoms with van der Waals surface area (Å²) in [5.41, 5.74) is 0. The fourth-order valence-electron chi connectivity index (χ4n) is 1.12. The van der Waals surface area contributed by atoms with Gasteiger partial charge in [0.25, 0.3) is 0 Å². The molecule has 2 heteroatoms. The molecule has 0 aliphatic carbocycles. The van der Waals surface area contributed by atoms with Crippen molar-refractivity contribution in [2.45, 2.75) is 24.8 Å². The smallest absolute Gasteiger partial charge is 0.0477 e. The standard InChI is InChI=1S/C6H12ClN/c1-5-3-6(7)4-8(5)2/h5-6H,3-4H2,1-2H3/t5?,6-/m0/s1. The average Bonchev–Trinajstić information content (AvgIpc) is 1.85. The highest BCUT2D eigenvalue weighted by molar-refractivity contribution is 6.21. The first-order chi connectivity index (χ1) is 3.70. The zero-order valence-corrected chi connectivity index (χ0v) is 6.15. The molecular weight excluding hydrogens is 122 g/mol. The molecule has 1 aliphatic rings. The van der Waals surface area contributed by atoms with E-state index in [0.29, 0.717) is 11.4 Å². The first-order valence-electron chi connectivity index (χ1n) is 3.04. The highest BCUT2D eigenvalue weighted by Gasteiger charge is 2.23. The van der Waals surface area contributed by atoms with E-state index in [0.717, 1.165) is 13.0 Å². The van der Waals surface area contributed by atoms with Crippen molar-refractivity contribution in [3.8, 4) is 0 Å². The lowest BCUT2D eigenvalue weighted by atomic mass is 10.2. The maximum Gasteiger partial charge on any atom is 0.0477 e. The largest absolute Gasteiger partial charge is 0.302 e. The molecule has 1 unspecified atom stereocenters. The summed E-state index contributed by atoms with van der Waals surface area (Å²) in [6, 6.07) is 0.692. The fourth-order valence-corrected chi connectivity index (χ4v) is 1.59. The van der Waals surface area contributed by atoms with E-state index in [2.05, 4.69) is 18.9 Å². The summed E-state index contributed by atoms with van der Waals surface area (Å²) in [7, 11) is 2.12. The SMILES string of the molecule is CC1C[C@H](Cl)CN1C. The number of halogens is 1. The molecule has 0 aromatic carbocycles. The van der Waals surface area contributed by atoms with Gasteiger partial charge in [0, 0.05) is 18.0 Å². The Morgan fingerprint density at radius 3 is 2.38 bits per heavy atom. The molecule has 0 saturated carbocycles. The van der Waals surface area contributed by atoms with Crippen molar-refractivity contribution in [1.29, 1.82) is 0 Å². The van der Waals surface area contributed by atoms with Gasteiger partial charge in [-0.3, -0.25) is 0 Å². The summed E-state index contributed by atoms with van der Waals surface area (Å²) in [6.45, 7) is 3.27. The molecule has 0 aromatic heterocycles. The summed E-state index contributed by atoms with van der Waals surface area (Å²) >= 11 is 5.86. The molecular formula is C6H12ClN. The van der Waals surface area contributed by atoms with Crippen LogP contribution < -0.4 is 0 Å². The van der Waals surface area contributed by atoms with Gasteiger partial charge in [0.15, 0.2) is 0 Å². The summed E-state index contributed by atoms with van der Waals surface area (Å²) in [6.07, 6.45) is 1.15. The number of alkyl halides is 1. The van der Waals surface area contributed by atoms with Crippen LogP contribution in [0.15, 0.2) is 0 Å². The molecule has 1 heterocycles. The Morgan fingerprint density at radius 2 is 2.25 bits per heavy atom. The minimum absolute atomic E-state index is 0.398. The molecule has 0 N–H and O–H groups in total. The summed E-state index contributed by atoms with van der Waals surface area (Å²) in [5.74, 6) is 0. The number of rotatable bonds is 0. The third kappa shape index (κ3) is 1.15. The first kappa shape index (κ1) is 6.37. The van der Waals surface area contributed by atoms with E-state index in [1.165, 1.54) is 0 Å². The van der Waals surface area contributed by atoms with Crippen molar-refractivity contribution in [2.24, 2.45) is 0 Å². The third-order valence-electron chi connectivity index (χ3n) is 1.84. The van der Waals surface area contributed by atoms with Gasteiger partial charge in [-0.1, -0.05) is 0 Å². The summed E-state index contributed by atoms with van der Waals surface area (Å²) in [4.78, 5) is 2.29. The van der Waals surface area contributed by atoms with Gasteiger partial charge in [-0.2, -0.15) is 0 Å². The van der Waals surface area contributed by atoms with Gasteiger partial charge >= 0.3 is 0 Å². The Bertz CT molecular complexity index is 74.6. The zero-order chi connectivity index (χ0) is 6.15. The molecule has 0 bridgehead atoms. The van der Waals surface area contributed by atoms with Crippen LogP contribution in [0.4, 0.5) is 0 Å². The normalized spacial score (nSPS) is 40.9. The summed E-state index contributed by atoms with van der Waals surface area (Å²) in [5, 5.41) is 0.398. The van der Waals surface area contributed by atoms with E-state index >= 15 is 0 Å². The minimum Gasteiger partial charge on any atom is -0.302 e. The van der Waals surface area contributed by atoms with E-state index < -0.39 is 0 Å². The quantitative estimate of drug-likeness (QED) is 0.451. The molecule has 1 aliphatic heterocycles. The van der Waals surface area contributed by atoms with Crippen molar-refractivity contribution >= 4 is 11.6 Å². The second-order valence-electron chi connectivity index (χ2n) is 2.62. The molecule has 0 aromatic rings. The minimum atomic E-state index is 0.398. The van der Waals surface area contributed by atoms with Crippen molar-refractivity contribution in [3.63, 3.8) is 0 Å². The van der Waals surface area contributed by atoms with Gasteiger partial charge in [0.2, 0.25) is 0 Å². The molecule has 0 radical (unpaired) electrons. The van der Waals surface area contributed by atoms with Crippen LogP contribution in [0.1, 0.15) is 13.3 Å². The average molecular weight is 134 g/mol. The van der Waals surface area contributed by atoms with Gasteiger partial charge in [0.05, 0.1) is 0 Å². The highest BCUT2D eigenvalue weighted by atomic mass is 35.5. The Hall–Kier alpha value is 0.250. The number of hydrogen-bond donors (Lipinski definition) is 0. The second kappa shape index (κ2) is 2.24. The van der Waals surface area contributed by atoms with E-state index in [4.69, 9.17) is 11.6 Å². The lowest BCUT2D eigenvalue weighted by molar-refractivity contribution is 0.331. The van der Waals surface area contributed by atoms with Crippen LogP contribution in [0, 0.1) is 0 Å². The fraction of sp³-hybridized carbons (Fsp3) is 1.00. The van der Waals surface area contributed by atoms with E-state index in [1.54, 1.807) is 0 Å². The lowest BCUT2D eigenvalue weighted by Crippen LogP contribution is -2.21. The Balaban J connectivity index is 2.39. The molecule has 1 fully saturated rings. The van der Waals surface area contributed by atoms with Crippen LogP contribution in [0.3, 0.4) is 0 Å². The molecule has 1 nitrogen and oxygen atoms in total. The number of hydrogen-bond acceptors (Lipinski definition) is 1. The molecule has 48 valence electrons. The van der Waals surface area contributed by atoms with E-state index in [1.807, 2.05) is 0 Å².